The Labute approximate surface area is 188 Å². The number of anilines is 1. The van der Waals surface area contributed by atoms with Crippen LogP contribution >= 0.6 is 0 Å². The lowest BCUT2D eigenvalue weighted by Gasteiger charge is -2.20. The summed E-state index contributed by atoms with van der Waals surface area (Å²) in [4.78, 5) is 12.9. The second-order valence-corrected chi connectivity index (χ2v) is 9.11. The summed E-state index contributed by atoms with van der Waals surface area (Å²) >= 11 is 0. The molecule has 3 rings (SSSR count). The van der Waals surface area contributed by atoms with Crippen molar-refractivity contribution in [1.82, 2.24) is 5.32 Å². The predicted octanol–water partition coefficient (Wildman–Crippen LogP) is 4.02. The number of sulfonamides is 1. The van der Waals surface area contributed by atoms with Gasteiger partial charge in [-0.15, -0.1) is 0 Å². The molecule has 32 heavy (non-hydrogen) atoms. The summed E-state index contributed by atoms with van der Waals surface area (Å²) in [5.41, 5.74) is 1.74. The van der Waals surface area contributed by atoms with Crippen LogP contribution in [0.4, 0.5) is 5.69 Å². The number of ether oxygens (including phenoxy) is 2. The van der Waals surface area contributed by atoms with Crippen LogP contribution in [0.2, 0.25) is 0 Å². The minimum absolute atomic E-state index is 0.202. The Bertz CT molecular complexity index is 1180. The van der Waals surface area contributed by atoms with Gasteiger partial charge in [0.15, 0.2) is 11.5 Å². The smallest absolute Gasteiger partial charge is 0.264 e. The lowest BCUT2D eigenvalue weighted by atomic mass is 10.1. The molecule has 0 saturated carbocycles. The lowest BCUT2D eigenvalue weighted by Crippen LogP contribution is -2.28. The van der Waals surface area contributed by atoms with Crippen LogP contribution in [0.1, 0.15) is 28.9 Å². The van der Waals surface area contributed by atoms with Crippen molar-refractivity contribution in [3.05, 3.63) is 83.9 Å². The van der Waals surface area contributed by atoms with Crippen LogP contribution in [0.25, 0.3) is 0 Å². The van der Waals surface area contributed by atoms with E-state index in [9.17, 15) is 13.2 Å². The molecule has 168 valence electrons. The highest BCUT2D eigenvalue weighted by atomic mass is 32.2. The molecular formula is C24H26N2O5S. The van der Waals surface area contributed by atoms with E-state index in [1.165, 1.54) is 11.4 Å². The topological polar surface area (TPSA) is 84.9 Å². The van der Waals surface area contributed by atoms with E-state index >= 15 is 0 Å². The summed E-state index contributed by atoms with van der Waals surface area (Å²) in [5.74, 6) is 0.922. The van der Waals surface area contributed by atoms with Gasteiger partial charge in [0.2, 0.25) is 0 Å². The monoisotopic (exact) mass is 454 g/mol. The van der Waals surface area contributed by atoms with Gasteiger partial charge >= 0.3 is 0 Å². The van der Waals surface area contributed by atoms with Crippen molar-refractivity contribution in [2.75, 3.05) is 25.6 Å². The first kappa shape index (κ1) is 23.1. The van der Waals surface area contributed by atoms with Gasteiger partial charge in [-0.3, -0.25) is 9.10 Å². The quantitative estimate of drug-likeness (QED) is 0.556. The Morgan fingerprint density at radius 1 is 0.906 bits per heavy atom. The molecule has 0 aromatic heterocycles. The Balaban J connectivity index is 1.72. The normalized spacial score (nSPS) is 12.0. The molecular weight excluding hydrogens is 428 g/mol. The standard InChI is InChI=1S/C24H26N2O5S/c1-17(19-12-15-22(30-3)23(16-19)31-4)25-24(27)18-10-13-20(14-11-18)26(2)32(28,29)21-8-6-5-7-9-21/h5-17H,1-4H3,(H,25,27)/t17-/m0/s1. The number of hydrogen-bond donors (Lipinski definition) is 1. The molecule has 7 nitrogen and oxygen atoms in total. The number of amides is 1. The molecule has 0 heterocycles. The van der Waals surface area contributed by atoms with Crippen LogP contribution < -0.4 is 19.1 Å². The maximum atomic E-state index is 12.8. The molecule has 0 unspecified atom stereocenters. The molecule has 0 spiro atoms. The highest BCUT2D eigenvalue weighted by Crippen LogP contribution is 2.30. The molecule has 3 aromatic carbocycles. The molecule has 1 atom stereocenters. The second-order valence-electron chi connectivity index (χ2n) is 7.14. The summed E-state index contributed by atoms with van der Waals surface area (Å²) in [6, 6.07) is 19.8. The van der Waals surface area contributed by atoms with Gasteiger partial charge in [-0.2, -0.15) is 0 Å². The lowest BCUT2D eigenvalue weighted by molar-refractivity contribution is 0.0940. The van der Waals surface area contributed by atoms with Crippen molar-refractivity contribution in [2.24, 2.45) is 0 Å². The fourth-order valence-corrected chi connectivity index (χ4v) is 4.41. The number of carbonyl (C=O) groups is 1. The summed E-state index contributed by atoms with van der Waals surface area (Å²) in [5, 5.41) is 2.94. The number of methoxy groups -OCH3 is 2. The van der Waals surface area contributed by atoms with Gasteiger partial charge < -0.3 is 14.8 Å². The van der Waals surface area contributed by atoms with E-state index in [1.54, 1.807) is 74.9 Å². The van der Waals surface area contributed by atoms with Crippen LogP contribution in [-0.4, -0.2) is 35.6 Å². The van der Waals surface area contributed by atoms with Gasteiger partial charge in [0.1, 0.15) is 0 Å². The first-order chi connectivity index (χ1) is 15.3. The zero-order valence-electron chi connectivity index (χ0n) is 18.4. The molecule has 0 aliphatic carbocycles. The molecule has 8 heteroatoms. The third kappa shape index (κ3) is 4.86. The van der Waals surface area contributed by atoms with E-state index in [-0.39, 0.29) is 16.8 Å². The van der Waals surface area contributed by atoms with Crippen molar-refractivity contribution in [2.45, 2.75) is 17.9 Å². The van der Waals surface area contributed by atoms with Crippen LogP contribution in [-0.2, 0) is 10.0 Å². The number of hydrogen-bond acceptors (Lipinski definition) is 5. The molecule has 3 aromatic rings. The number of nitrogens with zero attached hydrogens (tertiary/aromatic N) is 1. The Morgan fingerprint density at radius 2 is 1.53 bits per heavy atom. The average molecular weight is 455 g/mol. The summed E-state index contributed by atoms with van der Waals surface area (Å²) < 4.78 is 37.3. The van der Waals surface area contributed by atoms with Crippen LogP contribution in [0.5, 0.6) is 11.5 Å². The highest BCUT2D eigenvalue weighted by Gasteiger charge is 2.21. The van der Waals surface area contributed by atoms with Crippen LogP contribution in [0, 0.1) is 0 Å². The van der Waals surface area contributed by atoms with E-state index in [4.69, 9.17) is 9.47 Å². The van der Waals surface area contributed by atoms with E-state index in [0.717, 1.165) is 5.56 Å². The molecule has 0 bridgehead atoms. The van der Waals surface area contributed by atoms with Crippen molar-refractivity contribution in [1.29, 1.82) is 0 Å². The second kappa shape index (κ2) is 9.74. The molecule has 1 N–H and O–H groups in total. The maximum absolute atomic E-state index is 12.8. The summed E-state index contributed by atoms with van der Waals surface area (Å²) in [6.45, 7) is 1.87. The number of carbonyl (C=O) groups excluding carboxylic acids is 1. The van der Waals surface area contributed by atoms with Gasteiger partial charge in [-0.1, -0.05) is 24.3 Å². The van der Waals surface area contributed by atoms with Crippen molar-refractivity contribution >= 4 is 21.6 Å². The zero-order valence-corrected chi connectivity index (χ0v) is 19.2. The minimum atomic E-state index is -3.68. The van der Waals surface area contributed by atoms with E-state index in [1.807, 2.05) is 19.1 Å². The average Bonchev–Trinajstić information content (AvgIpc) is 2.83. The van der Waals surface area contributed by atoms with Crippen LogP contribution in [0.3, 0.4) is 0 Å². The largest absolute Gasteiger partial charge is 0.493 e. The Kier molecular flexibility index (Phi) is 7.05. The van der Waals surface area contributed by atoms with E-state index < -0.39 is 10.0 Å². The third-order valence-electron chi connectivity index (χ3n) is 5.15. The van der Waals surface area contributed by atoms with Gasteiger partial charge in [0.05, 0.1) is 30.8 Å². The van der Waals surface area contributed by atoms with Gasteiger partial charge in [0.25, 0.3) is 15.9 Å². The fraction of sp³-hybridized carbons (Fsp3) is 0.208. The molecule has 0 aliphatic heterocycles. The van der Waals surface area contributed by atoms with Crippen molar-refractivity contribution in [3.8, 4) is 11.5 Å². The zero-order chi connectivity index (χ0) is 23.3. The van der Waals surface area contributed by atoms with Gasteiger partial charge in [0, 0.05) is 12.6 Å². The molecule has 0 radical (unpaired) electrons. The van der Waals surface area contributed by atoms with Crippen molar-refractivity contribution in [3.63, 3.8) is 0 Å². The van der Waals surface area contributed by atoms with E-state index in [0.29, 0.717) is 22.7 Å². The summed E-state index contributed by atoms with van der Waals surface area (Å²) in [6.07, 6.45) is 0. The van der Waals surface area contributed by atoms with Gasteiger partial charge in [-0.25, -0.2) is 8.42 Å². The predicted molar refractivity (Wildman–Crippen MR) is 124 cm³/mol. The van der Waals surface area contributed by atoms with Crippen LogP contribution in [0.15, 0.2) is 77.7 Å². The molecule has 0 fully saturated rings. The van der Waals surface area contributed by atoms with Crippen molar-refractivity contribution < 1.29 is 22.7 Å². The molecule has 0 saturated heterocycles. The fourth-order valence-electron chi connectivity index (χ4n) is 3.20. The summed E-state index contributed by atoms with van der Waals surface area (Å²) in [7, 11) is 0.922. The molecule has 0 aliphatic rings. The first-order valence-corrected chi connectivity index (χ1v) is 11.4. The van der Waals surface area contributed by atoms with Gasteiger partial charge in [-0.05, 0) is 61.0 Å². The number of nitrogens with one attached hydrogen (secondary N) is 1. The van der Waals surface area contributed by atoms with E-state index in [2.05, 4.69) is 5.32 Å². The molecule has 1 amide bonds. The minimum Gasteiger partial charge on any atom is -0.493 e. The Morgan fingerprint density at radius 3 is 2.12 bits per heavy atom. The number of rotatable bonds is 8. The Hall–Kier alpha value is -3.52. The first-order valence-electron chi connectivity index (χ1n) is 9.94. The third-order valence-corrected chi connectivity index (χ3v) is 6.95. The number of benzene rings is 3. The highest BCUT2D eigenvalue weighted by molar-refractivity contribution is 7.92. The maximum Gasteiger partial charge on any atom is 0.264 e. The SMILES string of the molecule is COc1ccc([C@H](C)NC(=O)c2ccc(N(C)S(=O)(=O)c3ccccc3)cc2)cc1OC.